The summed E-state index contributed by atoms with van der Waals surface area (Å²) in [7, 11) is 5.13. The van der Waals surface area contributed by atoms with E-state index in [1.807, 2.05) is 18.9 Å². The zero-order valence-corrected chi connectivity index (χ0v) is 27.4. The molecule has 2 saturated carbocycles. The van der Waals surface area contributed by atoms with Gasteiger partial charge in [-0.1, -0.05) is 24.4 Å². The van der Waals surface area contributed by atoms with E-state index in [-0.39, 0.29) is 25.2 Å². The number of carbonyl (C=O) groups excluding carboxylic acids is 2. The van der Waals surface area contributed by atoms with Crippen molar-refractivity contribution in [3.63, 3.8) is 0 Å². The second-order valence-electron chi connectivity index (χ2n) is 13.1. The quantitative estimate of drug-likeness (QED) is 0.287. The molecule has 244 valence electrons. The first-order chi connectivity index (χ1) is 20.7. The van der Waals surface area contributed by atoms with Crippen molar-refractivity contribution in [1.29, 1.82) is 0 Å². The molecule has 44 heavy (non-hydrogen) atoms. The van der Waals surface area contributed by atoms with Crippen molar-refractivity contribution >= 4 is 29.4 Å². The van der Waals surface area contributed by atoms with Crippen LogP contribution in [0.3, 0.4) is 0 Å². The fraction of sp³-hybridized carbons (Fsp3) is 0.656. The van der Waals surface area contributed by atoms with E-state index in [0.717, 1.165) is 36.9 Å². The number of likely N-dealkylation sites (tertiary alicyclic amines) is 1. The molecule has 1 spiro atoms. The summed E-state index contributed by atoms with van der Waals surface area (Å²) in [5.74, 6) is 5.20. The van der Waals surface area contributed by atoms with E-state index >= 15 is 0 Å². The maximum Gasteiger partial charge on any atom is 0.310 e. The van der Waals surface area contributed by atoms with Crippen LogP contribution in [-0.4, -0.2) is 85.2 Å². The second-order valence-corrected chi connectivity index (χ2v) is 13.6. The van der Waals surface area contributed by atoms with Crippen molar-refractivity contribution in [2.45, 2.75) is 71.3 Å². The van der Waals surface area contributed by atoms with Crippen molar-refractivity contribution in [3.05, 3.63) is 39.7 Å². The molecule has 5 rings (SSSR count). The largest absolute Gasteiger partial charge is 0.487 e. The number of nitrogens with two attached hydrogens (primary N) is 2. The predicted molar refractivity (Wildman–Crippen MR) is 167 cm³/mol. The Balaban J connectivity index is 0.000000413. The van der Waals surface area contributed by atoms with Gasteiger partial charge in [0.05, 0.1) is 35.4 Å². The molecule has 1 aromatic rings. The zero-order valence-electron chi connectivity index (χ0n) is 26.7. The Bertz CT molecular complexity index is 1300. The van der Waals surface area contributed by atoms with E-state index in [9.17, 15) is 19.5 Å². The van der Waals surface area contributed by atoms with Gasteiger partial charge in [-0.3, -0.25) is 14.4 Å². The first kappa shape index (κ1) is 33.9. The number of benzene rings is 1. The number of carboxylic acids is 1. The van der Waals surface area contributed by atoms with E-state index in [0.29, 0.717) is 59.3 Å². The molecule has 0 aromatic heterocycles. The molecule has 2 aliphatic heterocycles. The number of methoxy groups -OCH3 is 1. The van der Waals surface area contributed by atoms with Crippen LogP contribution in [0.15, 0.2) is 23.5 Å². The molecule has 11 nitrogen and oxygen atoms in total. The van der Waals surface area contributed by atoms with Crippen molar-refractivity contribution in [2.75, 3.05) is 47.5 Å². The molecule has 2 amide bonds. The average Bonchev–Trinajstić information content (AvgIpc) is 3.66. The number of hydrazine groups is 1. The molecular formula is C32H48ClN5O6. The minimum absolute atomic E-state index is 0.0781. The number of amides is 2. The van der Waals surface area contributed by atoms with Crippen LogP contribution in [0.4, 0.5) is 0 Å². The van der Waals surface area contributed by atoms with Crippen LogP contribution in [0, 0.1) is 16.7 Å². The SMILES string of the molecule is CN1CC2(CC2)CC1=O.COC/C(=C(/N)COc1ccc(Cl)c2c1C(C)N(C(=O)C1CCCC[C@]1(C)C(=O)O)CC2)N(C)N. The lowest BCUT2D eigenvalue weighted by Gasteiger charge is -2.43. The maximum absolute atomic E-state index is 13.7. The lowest BCUT2D eigenvalue weighted by Crippen LogP contribution is -2.50. The van der Waals surface area contributed by atoms with Gasteiger partial charge in [-0.05, 0) is 69.1 Å². The Morgan fingerprint density at radius 1 is 1.20 bits per heavy atom. The molecule has 4 aliphatic rings. The topological polar surface area (TPSA) is 152 Å². The molecule has 3 fully saturated rings. The van der Waals surface area contributed by atoms with Gasteiger partial charge in [-0.25, -0.2) is 5.84 Å². The minimum atomic E-state index is -1.06. The van der Waals surface area contributed by atoms with E-state index in [2.05, 4.69) is 0 Å². The Hall–Kier alpha value is -3.02. The number of aliphatic carboxylic acids is 1. The Labute approximate surface area is 265 Å². The number of hydrogen-bond donors (Lipinski definition) is 3. The summed E-state index contributed by atoms with van der Waals surface area (Å²) >= 11 is 6.53. The number of carbonyl (C=O) groups is 3. The molecule has 2 unspecified atom stereocenters. The van der Waals surface area contributed by atoms with Crippen LogP contribution < -0.4 is 16.3 Å². The normalized spacial score (nSPS) is 25.9. The van der Waals surface area contributed by atoms with Crippen molar-refractivity contribution < 1.29 is 29.0 Å². The van der Waals surface area contributed by atoms with Crippen molar-refractivity contribution in [1.82, 2.24) is 14.8 Å². The lowest BCUT2D eigenvalue weighted by atomic mass is 9.66. The summed E-state index contributed by atoms with van der Waals surface area (Å²) in [4.78, 5) is 40.4. The molecule has 2 aliphatic carbocycles. The van der Waals surface area contributed by atoms with Gasteiger partial charge in [0.1, 0.15) is 12.4 Å². The molecule has 1 saturated heterocycles. The molecule has 2 heterocycles. The number of halogens is 1. The van der Waals surface area contributed by atoms with Gasteiger partial charge in [-0.2, -0.15) is 0 Å². The molecular weight excluding hydrogens is 586 g/mol. The highest BCUT2D eigenvalue weighted by Gasteiger charge is 2.51. The molecule has 12 heteroatoms. The minimum Gasteiger partial charge on any atom is -0.487 e. The van der Waals surface area contributed by atoms with E-state index in [1.165, 1.54) is 17.9 Å². The molecule has 3 atom stereocenters. The Morgan fingerprint density at radius 3 is 2.45 bits per heavy atom. The molecule has 0 radical (unpaired) electrons. The number of hydrogen-bond acceptors (Lipinski definition) is 8. The second kappa shape index (κ2) is 13.5. The van der Waals surface area contributed by atoms with Gasteiger partial charge in [0.25, 0.3) is 0 Å². The lowest BCUT2D eigenvalue weighted by molar-refractivity contribution is -0.162. The zero-order chi connectivity index (χ0) is 32.4. The molecule has 0 bridgehead atoms. The number of fused-ring (bicyclic) bond motifs is 1. The summed E-state index contributed by atoms with van der Waals surface area (Å²) in [6, 6.07) is 3.23. The summed E-state index contributed by atoms with van der Waals surface area (Å²) in [5.41, 5.74) is 8.42. The highest BCUT2D eigenvalue weighted by molar-refractivity contribution is 6.31. The highest BCUT2D eigenvalue weighted by Crippen LogP contribution is 2.52. The van der Waals surface area contributed by atoms with Gasteiger partial charge in [-0.15, -0.1) is 0 Å². The third-order valence-electron chi connectivity index (χ3n) is 9.97. The fourth-order valence-corrected chi connectivity index (χ4v) is 7.19. The van der Waals surface area contributed by atoms with Crippen LogP contribution in [-0.2, 0) is 25.5 Å². The summed E-state index contributed by atoms with van der Waals surface area (Å²) in [6.45, 7) is 5.44. The molecule has 5 N–H and O–H groups in total. The maximum atomic E-state index is 13.7. The van der Waals surface area contributed by atoms with E-state index in [1.54, 1.807) is 38.1 Å². The van der Waals surface area contributed by atoms with Gasteiger partial charge in [0, 0.05) is 51.3 Å². The number of rotatable bonds is 8. The fourth-order valence-electron chi connectivity index (χ4n) is 6.93. The summed E-state index contributed by atoms with van der Waals surface area (Å²) in [6.07, 6.45) is 6.69. The Kier molecular flexibility index (Phi) is 10.4. The third kappa shape index (κ3) is 6.94. The van der Waals surface area contributed by atoms with Crippen LogP contribution in [0.5, 0.6) is 5.75 Å². The van der Waals surface area contributed by atoms with Gasteiger partial charge in [0.2, 0.25) is 11.8 Å². The monoisotopic (exact) mass is 633 g/mol. The van der Waals surface area contributed by atoms with Crippen LogP contribution in [0.25, 0.3) is 0 Å². The van der Waals surface area contributed by atoms with E-state index in [4.69, 9.17) is 32.7 Å². The summed E-state index contributed by atoms with van der Waals surface area (Å²) < 4.78 is 11.3. The number of nitrogens with zero attached hydrogens (tertiary/aromatic N) is 3. The third-order valence-corrected chi connectivity index (χ3v) is 10.3. The van der Waals surface area contributed by atoms with Gasteiger partial charge >= 0.3 is 5.97 Å². The number of ether oxygens (including phenoxy) is 2. The van der Waals surface area contributed by atoms with Crippen LogP contribution in [0.1, 0.15) is 76.0 Å². The van der Waals surface area contributed by atoms with Gasteiger partial charge in [0.15, 0.2) is 0 Å². The smallest absolute Gasteiger partial charge is 0.310 e. The predicted octanol–water partition coefficient (Wildman–Crippen LogP) is 3.70. The van der Waals surface area contributed by atoms with Crippen LogP contribution >= 0.6 is 11.6 Å². The number of likely N-dealkylation sites (N-methyl/N-ethyl adjacent to an activating group) is 1. The average molecular weight is 634 g/mol. The Morgan fingerprint density at radius 2 is 1.91 bits per heavy atom. The highest BCUT2D eigenvalue weighted by atomic mass is 35.5. The molecule has 1 aromatic carbocycles. The van der Waals surface area contributed by atoms with Gasteiger partial charge < -0.3 is 35.1 Å². The van der Waals surface area contributed by atoms with Crippen LogP contribution in [0.2, 0.25) is 5.02 Å². The number of carboxylic acid groups (broad SMARTS) is 1. The van der Waals surface area contributed by atoms with E-state index < -0.39 is 17.3 Å². The summed E-state index contributed by atoms with van der Waals surface area (Å²) in [5, 5.41) is 11.9. The first-order valence-corrected chi connectivity index (χ1v) is 15.8. The van der Waals surface area contributed by atoms with Crippen molar-refractivity contribution in [2.24, 2.45) is 28.3 Å². The first-order valence-electron chi connectivity index (χ1n) is 15.4. The van der Waals surface area contributed by atoms with Crippen molar-refractivity contribution in [3.8, 4) is 5.75 Å². The standard InChI is InChI=1S/C25H37ClN4O5.C7H11NO/c1-15-22-16(10-12-30(15)23(31)17-7-5-6-11-25(17,2)24(32)33)18(26)8-9-21(22)35-13-19(27)20(14-34-4)29(3)28;1-8-5-7(2-3-7)4-6(8)9/h8-9,15,17H,5-7,10-14,27-28H2,1-4H3,(H,32,33);2-5H2,1H3/b20-19-;/t15?,17?,25-;/m0./s1.